The molecule has 0 aromatic heterocycles. The fourth-order valence-electron chi connectivity index (χ4n) is 4.11. The van der Waals surface area contributed by atoms with Crippen LogP contribution < -0.4 is 10.6 Å². The number of benzene rings is 2. The van der Waals surface area contributed by atoms with Crippen molar-refractivity contribution in [3.05, 3.63) is 70.8 Å². The normalized spacial score (nSPS) is 17.3. The molecule has 0 unspecified atom stereocenters. The molecular weight excluding hydrogens is 386 g/mol. The van der Waals surface area contributed by atoms with Crippen molar-refractivity contribution in [3.8, 4) is 0 Å². The zero-order valence-electron chi connectivity index (χ0n) is 19.2. The second-order valence-electron chi connectivity index (χ2n) is 8.81. The molecular formula is C26H35N3O2. The Labute approximate surface area is 186 Å². The summed E-state index contributed by atoms with van der Waals surface area (Å²) < 4.78 is 0. The number of hydrogen-bond acceptors (Lipinski definition) is 2. The van der Waals surface area contributed by atoms with Gasteiger partial charge in [0, 0.05) is 30.6 Å². The van der Waals surface area contributed by atoms with Crippen LogP contribution in [0.3, 0.4) is 0 Å². The molecule has 2 aromatic rings. The van der Waals surface area contributed by atoms with Crippen molar-refractivity contribution >= 4 is 11.9 Å². The Kier molecular flexibility index (Phi) is 7.72. The van der Waals surface area contributed by atoms with Gasteiger partial charge in [-0.3, -0.25) is 4.79 Å². The van der Waals surface area contributed by atoms with E-state index < -0.39 is 0 Å². The second-order valence-corrected chi connectivity index (χ2v) is 8.81. The molecule has 0 saturated carbocycles. The molecule has 3 amide bonds. The molecule has 1 fully saturated rings. The summed E-state index contributed by atoms with van der Waals surface area (Å²) in [6.45, 7) is 9.55. The van der Waals surface area contributed by atoms with Crippen LogP contribution in [0.15, 0.2) is 48.5 Å². The third-order valence-electron chi connectivity index (χ3n) is 5.98. The van der Waals surface area contributed by atoms with E-state index in [0.717, 1.165) is 36.9 Å². The molecule has 0 radical (unpaired) electrons. The number of carbonyl (C=O) groups is 2. The van der Waals surface area contributed by atoms with E-state index in [1.165, 1.54) is 5.56 Å². The molecule has 1 saturated heterocycles. The van der Waals surface area contributed by atoms with Gasteiger partial charge in [0.05, 0.1) is 6.04 Å². The molecule has 0 bridgehead atoms. The monoisotopic (exact) mass is 421 g/mol. The van der Waals surface area contributed by atoms with Crippen molar-refractivity contribution in [1.29, 1.82) is 0 Å². The average molecular weight is 422 g/mol. The van der Waals surface area contributed by atoms with E-state index in [4.69, 9.17) is 0 Å². The van der Waals surface area contributed by atoms with Gasteiger partial charge in [0.25, 0.3) is 5.91 Å². The SMILES string of the molecule is CCc1ccc([C@@H](C)NC(=O)c2cccc([C@@H]3CCCN(C(=O)NC(C)C)C3)c2)cc1. The number of likely N-dealkylation sites (tertiary alicyclic amines) is 1. The predicted molar refractivity (Wildman–Crippen MR) is 125 cm³/mol. The maximum atomic E-state index is 12.9. The molecule has 2 aromatic carbocycles. The van der Waals surface area contributed by atoms with Crippen LogP contribution in [0.5, 0.6) is 0 Å². The Morgan fingerprint density at radius 1 is 1.06 bits per heavy atom. The first-order valence-corrected chi connectivity index (χ1v) is 11.4. The largest absolute Gasteiger partial charge is 0.346 e. The fraction of sp³-hybridized carbons (Fsp3) is 0.462. The van der Waals surface area contributed by atoms with E-state index in [1.807, 2.05) is 43.9 Å². The van der Waals surface area contributed by atoms with Crippen LogP contribution in [0.4, 0.5) is 4.79 Å². The first-order valence-electron chi connectivity index (χ1n) is 11.4. The molecule has 1 aliphatic heterocycles. The Morgan fingerprint density at radius 3 is 2.48 bits per heavy atom. The van der Waals surface area contributed by atoms with Gasteiger partial charge in [-0.2, -0.15) is 0 Å². The van der Waals surface area contributed by atoms with Gasteiger partial charge in [-0.15, -0.1) is 0 Å². The van der Waals surface area contributed by atoms with Gasteiger partial charge in [-0.25, -0.2) is 4.79 Å². The average Bonchev–Trinajstić information content (AvgIpc) is 2.78. The number of carbonyl (C=O) groups excluding carboxylic acids is 2. The Hall–Kier alpha value is -2.82. The predicted octanol–water partition coefficient (Wildman–Crippen LogP) is 5.04. The third-order valence-corrected chi connectivity index (χ3v) is 5.98. The topological polar surface area (TPSA) is 61.4 Å². The zero-order valence-corrected chi connectivity index (χ0v) is 19.2. The minimum atomic E-state index is -0.0702. The number of hydrogen-bond donors (Lipinski definition) is 2. The van der Waals surface area contributed by atoms with E-state index >= 15 is 0 Å². The van der Waals surface area contributed by atoms with Gasteiger partial charge in [0.2, 0.25) is 0 Å². The molecule has 2 atom stereocenters. The highest BCUT2D eigenvalue weighted by atomic mass is 16.2. The summed E-state index contributed by atoms with van der Waals surface area (Å²) >= 11 is 0. The minimum Gasteiger partial charge on any atom is -0.346 e. The number of nitrogens with zero attached hydrogens (tertiary/aromatic N) is 1. The van der Waals surface area contributed by atoms with E-state index in [-0.39, 0.29) is 29.9 Å². The third kappa shape index (κ3) is 6.09. The Bertz CT molecular complexity index is 892. The number of aryl methyl sites for hydroxylation is 1. The summed E-state index contributed by atoms with van der Waals surface area (Å²) in [6, 6.07) is 16.3. The van der Waals surface area contributed by atoms with Crippen molar-refractivity contribution < 1.29 is 9.59 Å². The summed E-state index contributed by atoms with van der Waals surface area (Å²) in [6.07, 6.45) is 3.00. The van der Waals surface area contributed by atoms with Gasteiger partial charge >= 0.3 is 6.03 Å². The van der Waals surface area contributed by atoms with Crippen molar-refractivity contribution in [1.82, 2.24) is 15.5 Å². The van der Waals surface area contributed by atoms with Gasteiger partial charge in [-0.05, 0) is 68.9 Å². The van der Waals surface area contributed by atoms with Crippen LogP contribution in [0.1, 0.15) is 79.5 Å². The van der Waals surface area contributed by atoms with E-state index in [0.29, 0.717) is 12.1 Å². The number of amides is 3. The van der Waals surface area contributed by atoms with Gasteiger partial charge < -0.3 is 15.5 Å². The van der Waals surface area contributed by atoms with Gasteiger partial charge in [0.1, 0.15) is 0 Å². The molecule has 166 valence electrons. The van der Waals surface area contributed by atoms with Crippen molar-refractivity contribution in [2.45, 2.75) is 65.0 Å². The highest BCUT2D eigenvalue weighted by Crippen LogP contribution is 2.28. The standard InChI is InChI=1S/C26H35N3O2/c1-5-20-11-13-21(14-12-20)19(4)28-25(30)23-9-6-8-22(16-23)24-10-7-15-29(17-24)26(31)27-18(2)3/h6,8-9,11-14,16,18-19,24H,5,7,10,15,17H2,1-4H3,(H,27,31)(H,28,30)/t19-,24-/m1/s1. The Balaban J connectivity index is 1.66. The highest BCUT2D eigenvalue weighted by Gasteiger charge is 2.25. The lowest BCUT2D eigenvalue weighted by atomic mass is 9.89. The van der Waals surface area contributed by atoms with E-state index in [2.05, 4.69) is 47.9 Å². The molecule has 31 heavy (non-hydrogen) atoms. The van der Waals surface area contributed by atoms with Crippen LogP contribution in [-0.4, -0.2) is 36.0 Å². The molecule has 0 spiro atoms. The van der Waals surface area contributed by atoms with Crippen LogP contribution >= 0.6 is 0 Å². The van der Waals surface area contributed by atoms with Gasteiger partial charge in [0.15, 0.2) is 0 Å². The number of nitrogens with one attached hydrogen (secondary N) is 2. The fourth-order valence-corrected chi connectivity index (χ4v) is 4.11. The highest BCUT2D eigenvalue weighted by molar-refractivity contribution is 5.94. The maximum absolute atomic E-state index is 12.9. The summed E-state index contributed by atoms with van der Waals surface area (Å²) in [5, 5.41) is 6.10. The maximum Gasteiger partial charge on any atom is 0.317 e. The summed E-state index contributed by atoms with van der Waals surface area (Å²) in [5.41, 5.74) is 4.17. The molecule has 3 rings (SSSR count). The number of piperidine rings is 1. The summed E-state index contributed by atoms with van der Waals surface area (Å²) in [7, 11) is 0. The second kappa shape index (κ2) is 10.5. The quantitative estimate of drug-likeness (QED) is 0.687. The smallest absolute Gasteiger partial charge is 0.317 e. The van der Waals surface area contributed by atoms with E-state index in [9.17, 15) is 9.59 Å². The molecule has 5 heteroatoms. The molecule has 1 heterocycles. The molecule has 0 aliphatic carbocycles. The van der Waals surface area contributed by atoms with Crippen LogP contribution in [-0.2, 0) is 6.42 Å². The van der Waals surface area contributed by atoms with Crippen LogP contribution in [0, 0.1) is 0 Å². The first kappa shape index (κ1) is 22.9. The lowest BCUT2D eigenvalue weighted by molar-refractivity contribution is 0.0939. The zero-order chi connectivity index (χ0) is 22.4. The molecule has 2 N–H and O–H groups in total. The van der Waals surface area contributed by atoms with E-state index in [1.54, 1.807) is 0 Å². The Morgan fingerprint density at radius 2 is 1.81 bits per heavy atom. The number of rotatable bonds is 6. The lowest BCUT2D eigenvalue weighted by Crippen LogP contribution is -2.47. The van der Waals surface area contributed by atoms with Crippen LogP contribution in [0.2, 0.25) is 0 Å². The molecule has 1 aliphatic rings. The van der Waals surface area contributed by atoms with Crippen molar-refractivity contribution in [2.24, 2.45) is 0 Å². The summed E-state index contributed by atoms with van der Waals surface area (Å²) in [5.74, 6) is 0.178. The number of urea groups is 1. The van der Waals surface area contributed by atoms with Gasteiger partial charge in [-0.1, -0.05) is 43.3 Å². The van der Waals surface area contributed by atoms with Crippen LogP contribution in [0.25, 0.3) is 0 Å². The summed E-state index contributed by atoms with van der Waals surface area (Å²) in [4.78, 5) is 27.2. The minimum absolute atomic E-state index is 0.00323. The van der Waals surface area contributed by atoms with Crippen molar-refractivity contribution in [2.75, 3.05) is 13.1 Å². The first-order chi connectivity index (χ1) is 14.9. The lowest BCUT2D eigenvalue weighted by Gasteiger charge is -2.33. The van der Waals surface area contributed by atoms with Crippen molar-refractivity contribution in [3.63, 3.8) is 0 Å². The molecule has 5 nitrogen and oxygen atoms in total.